The van der Waals surface area contributed by atoms with Gasteiger partial charge in [0.1, 0.15) is 6.54 Å². The van der Waals surface area contributed by atoms with Crippen molar-refractivity contribution in [1.29, 1.82) is 0 Å². The molecule has 124 valence electrons. The molecule has 1 amide bonds. The van der Waals surface area contributed by atoms with Crippen molar-refractivity contribution in [3.8, 4) is 0 Å². The molecule has 6 nitrogen and oxygen atoms in total. The van der Waals surface area contributed by atoms with E-state index in [0.29, 0.717) is 12.5 Å². The predicted octanol–water partition coefficient (Wildman–Crippen LogP) is 1.84. The molecule has 1 aliphatic rings. The van der Waals surface area contributed by atoms with Crippen molar-refractivity contribution in [2.24, 2.45) is 0 Å². The van der Waals surface area contributed by atoms with Crippen LogP contribution in [0.15, 0.2) is 24.3 Å². The molecule has 0 radical (unpaired) electrons. The number of anilines is 1. The summed E-state index contributed by atoms with van der Waals surface area (Å²) < 4.78 is 1.91. The zero-order chi connectivity index (χ0) is 16.2. The van der Waals surface area contributed by atoms with Crippen LogP contribution in [0.3, 0.4) is 0 Å². The Kier molecular flexibility index (Phi) is 4.81. The topological polar surface area (TPSA) is 70.4 Å². The van der Waals surface area contributed by atoms with E-state index in [1.807, 2.05) is 33.7 Å². The largest absolute Gasteiger partial charge is 0.392 e. The monoisotopic (exact) mass is 316 g/mol. The lowest BCUT2D eigenvalue weighted by molar-refractivity contribution is -0.132. The van der Waals surface area contributed by atoms with Gasteiger partial charge in [0, 0.05) is 19.6 Å². The van der Waals surface area contributed by atoms with Gasteiger partial charge in [-0.15, -0.1) is 0 Å². The molecular formula is C17H24N4O2. The molecule has 6 heteroatoms. The molecule has 1 unspecified atom stereocenters. The van der Waals surface area contributed by atoms with Gasteiger partial charge in [0.05, 0.1) is 17.1 Å². The van der Waals surface area contributed by atoms with Gasteiger partial charge in [-0.1, -0.05) is 12.1 Å². The first-order valence-corrected chi connectivity index (χ1v) is 8.30. The smallest absolute Gasteiger partial charge is 0.242 e. The van der Waals surface area contributed by atoms with Crippen LogP contribution in [0, 0.1) is 0 Å². The van der Waals surface area contributed by atoms with Crippen molar-refractivity contribution in [3.63, 3.8) is 0 Å². The van der Waals surface area contributed by atoms with Crippen LogP contribution in [0.2, 0.25) is 0 Å². The Bertz CT molecular complexity index is 674. The fourth-order valence-electron chi connectivity index (χ4n) is 2.99. The molecule has 2 heterocycles. The second-order valence-corrected chi connectivity index (χ2v) is 6.18. The van der Waals surface area contributed by atoms with Gasteiger partial charge >= 0.3 is 0 Å². The van der Waals surface area contributed by atoms with Crippen LogP contribution in [0.1, 0.15) is 26.2 Å². The number of aliphatic hydroxyl groups is 1. The molecule has 1 fully saturated rings. The lowest BCUT2D eigenvalue weighted by Crippen LogP contribution is -2.38. The van der Waals surface area contributed by atoms with Gasteiger partial charge in [-0.05, 0) is 38.3 Å². The molecule has 1 atom stereocenters. The van der Waals surface area contributed by atoms with Crippen molar-refractivity contribution in [1.82, 2.24) is 14.5 Å². The zero-order valence-electron chi connectivity index (χ0n) is 13.5. The number of piperidine rings is 1. The molecule has 1 saturated heterocycles. The molecule has 0 spiro atoms. The maximum absolute atomic E-state index is 12.6. The highest BCUT2D eigenvalue weighted by Crippen LogP contribution is 2.20. The van der Waals surface area contributed by atoms with Crippen LogP contribution < -0.4 is 5.32 Å². The van der Waals surface area contributed by atoms with Crippen molar-refractivity contribution in [3.05, 3.63) is 24.3 Å². The number of imidazole rings is 1. The number of para-hydroxylation sites is 2. The molecule has 2 N–H and O–H groups in total. The van der Waals surface area contributed by atoms with E-state index in [1.54, 1.807) is 6.92 Å². The van der Waals surface area contributed by atoms with E-state index < -0.39 is 6.10 Å². The lowest BCUT2D eigenvalue weighted by atomic mass is 10.1. The Morgan fingerprint density at radius 3 is 2.78 bits per heavy atom. The number of benzene rings is 1. The minimum atomic E-state index is -0.471. The summed E-state index contributed by atoms with van der Waals surface area (Å²) in [6.45, 7) is 4.10. The zero-order valence-corrected chi connectivity index (χ0v) is 13.5. The molecule has 0 saturated carbocycles. The van der Waals surface area contributed by atoms with Gasteiger partial charge in [-0.25, -0.2) is 4.98 Å². The first-order chi connectivity index (χ1) is 11.1. The maximum atomic E-state index is 12.6. The fraction of sp³-hybridized carbons (Fsp3) is 0.529. The first kappa shape index (κ1) is 15.8. The van der Waals surface area contributed by atoms with E-state index in [-0.39, 0.29) is 12.5 Å². The summed E-state index contributed by atoms with van der Waals surface area (Å²) in [5.41, 5.74) is 1.79. The Morgan fingerprint density at radius 2 is 2.04 bits per heavy atom. The van der Waals surface area contributed by atoms with E-state index >= 15 is 0 Å². The van der Waals surface area contributed by atoms with Crippen molar-refractivity contribution in [2.75, 3.05) is 25.0 Å². The van der Waals surface area contributed by atoms with Crippen LogP contribution >= 0.6 is 0 Å². The van der Waals surface area contributed by atoms with Gasteiger partial charge in [-0.2, -0.15) is 0 Å². The number of amides is 1. The summed E-state index contributed by atoms with van der Waals surface area (Å²) in [6, 6.07) is 7.79. The molecule has 0 aliphatic carbocycles. The number of aliphatic hydroxyl groups excluding tert-OH is 1. The molecule has 1 aromatic carbocycles. The highest BCUT2D eigenvalue weighted by atomic mass is 16.3. The standard InChI is InChI=1S/C17H24N4O2/c1-13(22)11-18-17-19-14-7-3-4-8-15(14)21(17)12-16(23)20-9-5-2-6-10-20/h3-4,7-8,13,22H,2,5-6,9-12H2,1H3,(H,18,19). The van der Waals surface area contributed by atoms with Crippen LogP contribution in [0.4, 0.5) is 5.95 Å². The summed E-state index contributed by atoms with van der Waals surface area (Å²) in [5.74, 6) is 0.769. The third kappa shape index (κ3) is 3.64. The Balaban J connectivity index is 1.84. The van der Waals surface area contributed by atoms with E-state index in [0.717, 1.165) is 37.0 Å². The molecule has 1 aromatic heterocycles. The highest BCUT2D eigenvalue weighted by Gasteiger charge is 2.19. The van der Waals surface area contributed by atoms with Crippen molar-refractivity contribution >= 4 is 22.9 Å². The number of fused-ring (bicyclic) bond motifs is 1. The Morgan fingerprint density at radius 1 is 1.30 bits per heavy atom. The van der Waals surface area contributed by atoms with Gasteiger partial charge in [-0.3, -0.25) is 4.79 Å². The molecule has 2 aromatic rings. The van der Waals surface area contributed by atoms with E-state index in [4.69, 9.17) is 0 Å². The fourth-order valence-corrected chi connectivity index (χ4v) is 2.99. The number of rotatable bonds is 5. The second-order valence-electron chi connectivity index (χ2n) is 6.18. The first-order valence-electron chi connectivity index (χ1n) is 8.30. The van der Waals surface area contributed by atoms with E-state index in [1.165, 1.54) is 6.42 Å². The average Bonchev–Trinajstić information content (AvgIpc) is 2.91. The number of carbonyl (C=O) groups excluding carboxylic acids is 1. The third-order valence-electron chi connectivity index (χ3n) is 4.21. The van der Waals surface area contributed by atoms with Crippen LogP contribution in [-0.2, 0) is 11.3 Å². The molecule has 0 bridgehead atoms. The lowest BCUT2D eigenvalue weighted by Gasteiger charge is -2.27. The maximum Gasteiger partial charge on any atom is 0.242 e. The van der Waals surface area contributed by atoms with Gasteiger partial charge in [0.25, 0.3) is 0 Å². The molecule has 23 heavy (non-hydrogen) atoms. The number of carbonyl (C=O) groups is 1. The summed E-state index contributed by atoms with van der Waals surface area (Å²) in [5, 5.41) is 12.6. The number of nitrogens with zero attached hydrogens (tertiary/aromatic N) is 3. The number of aromatic nitrogens is 2. The Labute approximate surface area is 136 Å². The van der Waals surface area contributed by atoms with Crippen LogP contribution in [0.25, 0.3) is 11.0 Å². The quantitative estimate of drug-likeness (QED) is 0.883. The van der Waals surface area contributed by atoms with E-state index in [9.17, 15) is 9.90 Å². The van der Waals surface area contributed by atoms with Gasteiger partial charge < -0.3 is 19.9 Å². The summed E-state index contributed by atoms with van der Waals surface area (Å²) in [4.78, 5) is 19.1. The molecular weight excluding hydrogens is 292 g/mol. The number of nitrogens with one attached hydrogen (secondary N) is 1. The number of hydrogen-bond acceptors (Lipinski definition) is 4. The summed E-state index contributed by atoms with van der Waals surface area (Å²) in [6.07, 6.45) is 2.91. The minimum absolute atomic E-state index is 0.132. The molecule has 3 rings (SSSR count). The highest BCUT2D eigenvalue weighted by molar-refractivity contribution is 5.83. The van der Waals surface area contributed by atoms with E-state index in [2.05, 4.69) is 10.3 Å². The van der Waals surface area contributed by atoms with Crippen molar-refractivity contribution < 1.29 is 9.90 Å². The van der Waals surface area contributed by atoms with Crippen molar-refractivity contribution in [2.45, 2.75) is 38.8 Å². The third-order valence-corrected chi connectivity index (χ3v) is 4.21. The second kappa shape index (κ2) is 7.00. The minimum Gasteiger partial charge on any atom is -0.392 e. The van der Waals surface area contributed by atoms with Gasteiger partial charge in [0.2, 0.25) is 11.9 Å². The SMILES string of the molecule is CC(O)CNc1nc2ccccc2n1CC(=O)N1CCCCC1. The summed E-state index contributed by atoms with van der Waals surface area (Å²) in [7, 11) is 0. The van der Waals surface area contributed by atoms with Gasteiger partial charge in [0.15, 0.2) is 0 Å². The number of hydrogen-bond donors (Lipinski definition) is 2. The number of likely N-dealkylation sites (tertiary alicyclic amines) is 1. The molecule has 1 aliphatic heterocycles. The normalized spacial score (nSPS) is 16.5. The van der Waals surface area contributed by atoms with Crippen LogP contribution in [0.5, 0.6) is 0 Å². The summed E-state index contributed by atoms with van der Waals surface area (Å²) >= 11 is 0. The average molecular weight is 316 g/mol. The Hall–Kier alpha value is -2.08. The van der Waals surface area contributed by atoms with Crippen LogP contribution in [-0.4, -0.2) is 51.2 Å². The predicted molar refractivity (Wildman–Crippen MR) is 90.3 cm³/mol.